The molecule has 1 aliphatic heterocycles. The largest absolute Gasteiger partial charge is 0.465 e. The molecule has 1 aliphatic rings. The summed E-state index contributed by atoms with van der Waals surface area (Å²) >= 11 is 5.88. The van der Waals surface area contributed by atoms with Crippen molar-refractivity contribution in [2.45, 2.75) is 43.7 Å². The third-order valence-electron chi connectivity index (χ3n) is 4.42. The Morgan fingerprint density at radius 1 is 1.29 bits per heavy atom. The van der Waals surface area contributed by atoms with Crippen LogP contribution in [-0.4, -0.2) is 62.2 Å². The van der Waals surface area contributed by atoms with Crippen LogP contribution in [0.1, 0.15) is 26.7 Å². The lowest BCUT2D eigenvalue weighted by atomic mass is 9.91. The first-order valence-corrected chi connectivity index (χ1v) is 10.8. The van der Waals surface area contributed by atoms with Gasteiger partial charge in [-0.25, -0.2) is 13.2 Å². The molecule has 1 fully saturated rings. The van der Waals surface area contributed by atoms with Crippen molar-refractivity contribution in [2.24, 2.45) is 0 Å². The lowest BCUT2D eigenvalue weighted by molar-refractivity contribution is -0.149. The Bertz CT molecular complexity index is 865. The van der Waals surface area contributed by atoms with Gasteiger partial charge in [0, 0.05) is 43.4 Å². The maximum absolute atomic E-state index is 13.4. The van der Waals surface area contributed by atoms with Crippen LogP contribution in [0.2, 0.25) is 5.02 Å². The molecule has 1 aromatic carbocycles. The number of halogens is 1. The van der Waals surface area contributed by atoms with E-state index in [1.807, 2.05) is 0 Å². The van der Waals surface area contributed by atoms with Crippen molar-refractivity contribution in [1.29, 1.82) is 0 Å². The number of Topliss-reactive ketones (excluding diaryl/α,β-unsaturated/α-hetero) is 1. The van der Waals surface area contributed by atoms with Crippen LogP contribution >= 0.6 is 11.6 Å². The predicted octanol–water partition coefficient (Wildman–Crippen LogP) is 2.46. The number of hydrogen-bond donors (Lipinski definition) is 0. The SMILES string of the molecule is CCOC(=O)C1C(=CN(C)C)C(=O)CC(CC)N1S(=O)(=O)c1ccc(Cl)cc1. The normalized spacial score (nSPS) is 22.3. The van der Waals surface area contributed by atoms with Gasteiger partial charge in [-0.1, -0.05) is 18.5 Å². The van der Waals surface area contributed by atoms with E-state index in [4.69, 9.17) is 16.3 Å². The van der Waals surface area contributed by atoms with Gasteiger partial charge in [-0.05, 0) is 37.6 Å². The molecular weight excluding hydrogens is 404 g/mol. The summed E-state index contributed by atoms with van der Waals surface area (Å²) in [5.41, 5.74) is 0.102. The minimum Gasteiger partial charge on any atom is -0.465 e. The number of carbonyl (C=O) groups is 2. The maximum Gasteiger partial charge on any atom is 0.329 e. The van der Waals surface area contributed by atoms with Crippen molar-refractivity contribution in [3.05, 3.63) is 41.1 Å². The fraction of sp³-hybridized carbons (Fsp3) is 0.474. The molecule has 7 nitrogen and oxygen atoms in total. The summed E-state index contributed by atoms with van der Waals surface area (Å²) in [4.78, 5) is 27.1. The Kier molecular flexibility index (Phi) is 7.25. The second-order valence-corrected chi connectivity index (χ2v) is 8.96. The summed E-state index contributed by atoms with van der Waals surface area (Å²) in [6.45, 7) is 3.49. The van der Waals surface area contributed by atoms with Gasteiger partial charge in [-0.2, -0.15) is 4.31 Å². The van der Waals surface area contributed by atoms with E-state index in [2.05, 4.69) is 0 Å². The van der Waals surface area contributed by atoms with Gasteiger partial charge in [0.1, 0.15) is 0 Å². The molecule has 154 valence electrons. The van der Waals surface area contributed by atoms with Crippen molar-refractivity contribution < 1.29 is 22.7 Å². The Labute approximate surface area is 171 Å². The molecule has 1 saturated heterocycles. The molecule has 0 bridgehead atoms. The number of esters is 1. The van der Waals surface area contributed by atoms with Crippen LogP contribution in [0.5, 0.6) is 0 Å². The zero-order chi connectivity index (χ0) is 21.1. The van der Waals surface area contributed by atoms with Crippen molar-refractivity contribution in [2.75, 3.05) is 20.7 Å². The highest BCUT2D eigenvalue weighted by Crippen LogP contribution is 2.34. The summed E-state index contributed by atoms with van der Waals surface area (Å²) in [7, 11) is -0.681. The van der Waals surface area contributed by atoms with Gasteiger partial charge in [0.15, 0.2) is 11.8 Å². The predicted molar refractivity (Wildman–Crippen MR) is 106 cm³/mol. The van der Waals surface area contributed by atoms with Gasteiger partial charge in [-0.15, -0.1) is 0 Å². The summed E-state index contributed by atoms with van der Waals surface area (Å²) in [5, 5.41) is 0.398. The molecule has 0 saturated carbocycles. The smallest absolute Gasteiger partial charge is 0.329 e. The molecule has 2 atom stereocenters. The summed E-state index contributed by atoms with van der Waals surface area (Å²) in [5.74, 6) is -1.03. The Morgan fingerprint density at radius 2 is 1.89 bits per heavy atom. The molecule has 1 aromatic rings. The second kappa shape index (κ2) is 9.07. The van der Waals surface area contributed by atoms with Gasteiger partial charge in [0.2, 0.25) is 10.0 Å². The quantitative estimate of drug-likeness (QED) is 0.511. The third-order valence-corrected chi connectivity index (χ3v) is 6.60. The number of ether oxygens (including phenoxy) is 1. The van der Waals surface area contributed by atoms with Crippen molar-refractivity contribution in [3.63, 3.8) is 0 Å². The first-order chi connectivity index (χ1) is 13.1. The van der Waals surface area contributed by atoms with Gasteiger partial charge in [0.05, 0.1) is 11.5 Å². The topological polar surface area (TPSA) is 84.0 Å². The monoisotopic (exact) mass is 428 g/mol. The number of rotatable bonds is 6. The molecule has 28 heavy (non-hydrogen) atoms. The highest BCUT2D eigenvalue weighted by Gasteiger charge is 2.49. The number of piperidine rings is 1. The number of ketones is 1. The zero-order valence-corrected chi connectivity index (χ0v) is 18.0. The molecule has 0 aliphatic carbocycles. The minimum absolute atomic E-state index is 0.00109. The van der Waals surface area contributed by atoms with Crippen molar-refractivity contribution in [3.8, 4) is 0 Å². The van der Waals surface area contributed by atoms with E-state index in [1.54, 1.807) is 32.8 Å². The van der Waals surface area contributed by atoms with Crippen molar-refractivity contribution in [1.82, 2.24) is 9.21 Å². The van der Waals surface area contributed by atoms with E-state index < -0.39 is 28.1 Å². The summed E-state index contributed by atoms with van der Waals surface area (Å²) < 4.78 is 33.1. The highest BCUT2D eigenvalue weighted by atomic mass is 35.5. The highest BCUT2D eigenvalue weighted by molar-refractivity contribution is 7.89. The number of benzene rings is 1. The maximum atomic E-state index is 13.4. The molecule has 0 spiro atoms. The molecule has 2 rings (SSSR count). The summed E-state index contributed by atoms with van der Waals surface area (Å²) in [6, 6.07) is 3.73. The van der Waals surface area contributed by atoms with E-state index in [1.165, 1.54) is 30.5 Å². The van der Waals surface area contributed by atoms with Gasteiger partial charge in [-0.3, -0.25) is 4.79 Å². The number of sulfonamides is 1. The number of nitrogens with zero attached hydrogens (tertiary/aromatic N) is 2. The van der Waals surface area contributed by atoms with Crippen LogP contribution < -0.4 is 0 Å². The molecular formula is C19H25ClN2O5S. The second-order valence-electron chi connectivity index (χ2n) is 6.68. The molecule has 0 amide bonds. The Hall–Kier alpha value is -1.90. The molecule has 1 heterocycles. The van der Waals surface area contributed by atoms with Crippen LogP contribution in [0.25, 0.3) is 0 Å². The standard InChI is InChI=1S/C19H25ClN2O5S/c1-5-14-11-17(23)16(12-21(3)4)18(19(24)27-6-2)22(14)28(25,26)15-9-7-13(20)8-10-15/h7-10,12,14,18H,5-6,11H2,1-4H3. The molecule has 9 heteroatoms. The minimum atomic E-state index is -4.08. The van der Waals surface area contributed by atoms with Gasteiger partial charge >= 0.3 is 5.97 Å². The summed E-state index contributed by atoms with van der Waals surface area (Å²) in [6.07, 6.45) is 1.86. The molecule has 0 radical (unpaired) electrons. The number of hydrogen-bond acceptors (Lipinski definition) is 6. The van der Waals surface area contributed by atoms with E-state index in [9.17, 15) is 18.0 Å². The first kappa shape index (κ1) is 22.4. The van der Waals surface area contributed by atoms with Crippen LogP contribution in [0.4, 0.5) is 0 Å². The van der Waals surface area contributed by atoms with E-state index in [0.29, 0.717) is 11.4 Å². The van der Waals surface area contributed by atoms with E-state index in [-0.39, 0.29) is 29.3 Å². The fourth-order valence-corrected chi connectivity index (χ4v) is 5.13. The van der Waals surface area contributed by atoms with Crippen LogP contribution in [-0.2, 0) is 24.3 Å². The Balaban J connectivity index is 2.67. The lowest BCUT2D eigenvalue weighted by Gasteiger charge is -2.40. The first-order valence-electron chi connectivity index (χ1n) is 9.00. The Morgan fingerprint density at radius 3 is 2.39 bits per heavy atom. The molecule has 2 unspecified atom stereocenters. The van der Waals surface area contributed by atoms with E-state index in [0.717, 1.165) is 4.31 Å². The zero-order valence-electron chi connectivity index (χ0n) is 16.4. The average molecular weight is 429 g/mol. The number of carbonyl (C=O) groups excluding carboxylic acids is 2. The average Bonchev–Trinajstić information content (AvgIpc) is 2.62. The molecule has 0 N–H and O–H groups in total. The van der Waals surface area contributed by atoms with Gasteiger partial charge < -0.3 is 9.64 Å². The van der Waals surface area contributed by atoms with Crippen LogP contribution in [0.15, 0.2) is 40.9 Å². The fourth-order valence-electron chi connectivity index (χ4n) is 3.18. The van der Waals surface area contributed by atoms with Gasteiger partial charge in [0.25, 0.3) is 0 Å². The third kappa shape index (κ3) is 4.56. The van der Waals surface area contributed by atoms with Crippen molar-refractivity contribution >= 4 is 33.4 Å². The van der Waals surface area contributed by atoms with E-state index >= 15 is 0 Å². The van der Waals surface area contributed by atoms with Crippen LogP contribution in [0.3, 0.4) is 0 Å². The van der Waals surface area contributed by atoms with Crippen LogP contribution in [0, 0.1) is 0 Å². The molecule has 0 aromatic heterocycles. The lowest BCUT2D eigenvalue weighted by Crippen LogP contribution is -2.57.